The Balaban J connectivity index is 1.59. The molecule has 6 atom stereocenters. The van der Waals surface area contributed by atoms with E-state index in [0.717, 1.165) is 11.3 Å². The third kappa shape index (κ3) is 9.63. The van der Waals surface area contributed by atoms with Crippen LogP contribution in [0, 0.1) is 0 Å². The Morgan fingerprint density at radius 2 is 1.78 bits per heavy atom. The molecule has 3 aliphatic heterocycles. The Bertz CT molecular complexity index is 1200. The van der Waals surface area contributed by atoms with Crippen molar-refractivity contribution < 1.29 is 29.4 Å². The molecule has 45 heavy (non-hydrogen) atoms. The summed E-state index contributed by atoms with van der Waals surface area (Å²) in [6, 6.07) is 5.23. The van der Waals surface area contributed by atoms with E-state index in [0.29, 0.717) is 58.0 Å². The number of aliphatic hydroxyl groups excluding tert-OH is 1. The van der Waals surface area contributed by atoms with Gasteiger partial charge in [0.1, 0.15) is 18.3 Å². The molecule has 1 saturated heterocycles. The first-order chi connectivity index (χ1) is 21.7. The lowest BCUT2D eigenvalue weighted by Crippen LogP contribution is -2.59. The van der Waals surface area contributed by atoms with Crippen LogP contribution in [-0.2, 0) is 25.6 Å². The van der Waals surface area contributed by atoms with Crippen molar-refractivity contribution in [1.82, 2.24) is 42.1 Å². The molecule has 14 heteroatoms. The van der Waals surface area contributed by atoms with E-state index in [1.54, 1.807) is 18.9 Å². The van der Waals surface area contributed by atoms with Crippen molar-refractivity contribution >= 4 is 23.7 Å². The molecule has 0 radical (unpaired) electrons. The van der Waals surface area contributed by atoms with Gasteiger partial charge in [-0.25, -0.2) is 4.79 Å². The van der Waals surface area contributed by atoms with Crippen LogP contribution < -0.4 is 32.2 Å². The van der Waals surface area contributed by atoms with Gasteiger partial charge in [0.2, 0.25) is 17.7 Å². The SMILES string of the molecule is CN[C@@H](C)C(=O)N[C@H]1CCCC2=CN(CCCC[C@@H](C(=O)O)NC(=O)[C@H](Cc3ccccc3)NC(=O)[C@@H]3CCCN3C1O)NN2. The Hall–Kier alpha value is -3.72. The fraction of sp³-hybridized carbons (Fsp3) is 0.613. The molecule has 248 valence electrons. The Kier molecular flexibility index (Phi) is 12.6. The van der Waals surface area contributed by atoms with Gasteiger partial charge < -0.3 is 36.9 Å². The first kappa shape index (κ1) is 34.2. The van der Waals surface area contributed by atoms with Crippen LogP contribution in [0.15, 0.2) is 42.2 Å². The molecule has 0 spiro atoms. The van der Waals surface area contributed by atoms with E-state index in [1.807, 2.05) is 41.5 Å². The highest BCUT2D eigenvalue weighted by atomic mass is 16.4. The number of hydrazine groups is 2. The van der Waals surface area contributed by atoms with Crippen molar-refractivity contribution in [3.05, 3.63) is 47.8 Å². The highest BCUT2D eigenvalue weighted by Gasteiger charge is 2.40. The summed E-state index contributed by atoms with van der Waals surface area (Å²) in [5.74, 6) is -2.40. The summed E-state index contributed by atoms with van der Waals surface area (Å²) in [6.07, 6.45) is 5.40. The van der Waals surface area contributed by atoms with E-state index < -0.39 is 54.2 Å². The van der Waals surface area contributed by atoms with Crippen LogP contribution in [-0.4, -0.2) is 100 Å². The van der Waals surface area contributed by atoms with Crippen LogP contribution in [0.2, 0.25) is 0 Å². The van der Waals surface area contributed by atoms with Gasteiger partial charge in [0.25, 0.3) is 0 Å². The van der Waals surface area contributed by atoms with Crippen molar-refractivity contribution in [1.29, 1.82) is 0 Å². The average Bonchev–Trinajstić information content (AvgIpc) is 3.71. The Morgan fingerprint density at radius 3 is 2.51 bits per heavy atom. The van der Waals surface area contributed by atoms with E-state index in [2.05, 4.69) is 32.2 Å². The fourth-order valence-corrected chi connectivity index (χ4v) is 6.00. The molecule has 1 aromatic rings. The van der Waals surface area contributed by atoms with Crippen LogP contribution in [0.4, 0.5) is 0 Å². The summed E-state index contributed by atoms with van der Waals surface area (Å²) >= 11 is 0. The van der Waals surface area contributed by atoms with E-state index in [4.69, 9.17) is 0 Å². The van der Waals surface area contributed by atoms with Gasteiger partial charge in [0.15, 0.2) is 0 Å². The Labute approximate surface area is 264 Å². The number of carboxylic acids is 1. The molecule has 1 unspecified atom stereocenters. The first-order valence-corrected chi connectivity index (χ1v) is 15.9. The maximum Gasteiger partial charge on any atom is 0.326 e. The van der Waals surface area contributed by atoms with Crippen molar-refractivity contribution in [3.8, 4) is 0 Å². The van der Waals surface area contributed by atoms with E-state index in [-0.39, 0.29) is 18.7 Å². The molecule has 4 rings (SSSR count). The van der Waals surface area contributed by atoms with E-state index in [9.17, 15) is 29.4 Å². The maximum atomic E-state index is 13.8. The molecule has 0 saturated carbocycles. The monoisotopic (exact) mass is 628 g/mol. The number of carbonyl (C=O) groups is 4. The minimum Gasteiger partial charge on any atom is -0.480 e. The molecule has 3 amide bonds. The largest absolute Gasteiger partial charge is 0.480 e. The molecule has 0 aliphatic carbocycles. The number of nitrogens with zero attached hydrogens (tertiary/aromatic N) is 2. The molecule has 3 heterocycles. The molecule has 3 aliphatic rings. The number of benzene rings is 1. The predicted molar refractivity (Wildman–Crippen MR) is 167 cm³/mol. The van der Waals surface area contributed by atoms with Crippen LogP contribution >= 0.6 is 0 Å². The first-order valence-electron chi connectivity index (χ1n) is 15.9. The smallest absolute Gasteiger partial charge is 0.326 e. The minimum atomic E-state index is -1.14. The molecule has 1 aromatic carbocycles. The highest BCUT2D eigenvalue weighted by molar-refractivity contribution is 5.92. The van der Waals surface area contributed by atoms with Gasteiger partial charge in [0.05, 0.1) is 18.1 Å². The van der Waals surface area contributed by atoms with Crippen LogP contribution in [0.3, 0.4) is 0 Å². The summed E-state index contributed by atoms with van der Waals surface area (Å²) in [7, 11) is 1.69. The Morgan fingerprint density at radius 1 is 1.00 bits per heavy atom. The number of carboxylic acid groups (broad SMARTS) is 1. The number of allylic oxidation sites excluding steroid dienone is 1. The number of carbonyl (C=O) groups excluding carboxylic acids is 3. The number of fused-ring (bicyclic) bond motifs is 2. The van der Waals surface area contributed by atoms with Gasteiger partial charge in [-0.2, -0.15) is 0 Å². The van der Waals surface area contributed by atoms with Gasteiger partial charge in [-0.15, -0.1) is 5.53 Å². The zero-order valence-corrected chi connectivity index (χ0v) is 26.1. The summed E-state index contributed by atoms with van der Waals surface area (Å²) < 4.78 is 0. The summed E-state index contributed by atoms with van der Waals surface area (Å²) in [5, 5.41) is 34.8. The van der Waals surface area contributed by atoms with Gasteiger partial charge in [-0.3, -0.25) is 24.3 Å². The quantitative estimate of drug-likeness (QED) is 0.206. The van der Waals surface area contributed by atoms with E-state index in [1.165, 1.54) is 0 Å². The van der Waals surface area contributed by atoms with Gasteiger partial charge in [0, 0.05) is 31.4 Å². The molecule has 2 bridgehead atoms. The third-order valence-corrected chi connectivity index (χ3v) is 8.76. The molecule has 14 nitrogen and oxygen atoms in total. The molecule has 8 N–H and O–H groups in total. The minimum absolute atomic E-state index is 0.170. The number of hydrogen-bond acceptors (Lipinski definition) is 10. The maximum absolute atomic E-state index is 13.8. The molecular weight excluding hydrogens is 580 g/mol. The van der Waals surface area contributed by atoms with Crippen molar-refractivity contribution in [2.24, 2.45) is 0 Å². The number of rotatable bonds is 6. The van der Waals surface area contributed by atoms with Crippen molar-refractivity contribution in [3.63, 3.8) is 0 Å². The van der Waals surface area contributed by atoms with Crippen molar-refractivity contribution in [2.45, 2.75) is 101 Å². The van der Waals surface area contributed by atoms with Gasteiger partial charge in [-0.1, -0.05) is 30.3 Å². The second-order valence-corrected chi connectivity index (χ2v) is 12.1. The summed E-state index contributed by atoms with van der Waals surface area (Å²) in [5.41, 5.74) is 7.99. The lowest BCUT2D eigenvalue weighted by atomic mass is 10.0. The molecule has 0 aromatic heterocycles. The molecular formula is C31H48N8O6. The zero-order valence-electron chi connectivity index (χ0n) is 26.1. The topological polar surface area (TPSA) is 187 Å². The number of likely N-dealkylation sites (N-methyl/N-ethyl adjacent to an activating group) is 1. The predicted octanol–water partition coefficient (Wildman–Crippen LogP) is -0.321. The van der Waals surface area contributed by atoms with Gasteiger partial charge in [-0.05, 0) is 70.9 Å². The number of amides is 3. The highest BCUT2D eigenvalue weighted by Crippen LogP contribution is 2.24. The number of aliphatic carboxylic acids is 1. The summed E-state index contributed by atoms with van der Waals surface area (Å²) in [4.78, 5) is 54.0. The fourth-order valence-electron chi connectivity index (χ4n) is 6.00. The second kappa shape index (κ2) is 16.5. The van der Waals surface area contributed by atoms with Crippen LogP contribution in [0.1, 0.15) is 63.9 Å². The van der Waals surface area contributed by atoms with Crippen molar-refractivity contribution in [2.75, 3.05) is 20.1 Å². The zero-order chi connectivity index (χ0) is 32.3. The number of aliphatic hydroxyl groups is 1. The number of hydrogen-bond donors (Lipinski definition) is 8. The normalized spacial score (nSPS) is 28.1. The second-order valence-electron chi connectivity index (χ2n) is 12.1. The van der Waals surface area contributed by atoms with Gasteiger partial charge >= 0.3 is 5.97 Å². The van der Waals surface area contributed by atoms with Crippen LogP contribution in [0.5, 0.6) is 0 Å². The third-order valence-electron chi connectivity index (χ3n) is 8.76. The summed E-state index contributed by atoms with van der Waals surface area (Å²) in [6.45, 7) is 2.80. The average molecular weight is 629 g/mol. The number of nitrogens with one attached hydrogen (secondary N) is 6. The standard InChI is InChI=1S/C31H48N8O6/c1-20(32-2)27(40)33-23-14-8-12-22-19-38(37-36-22)16-7-6-13-24(31(44)45)34-28(41)25(18-21-10-4-3-5-11-21)35-29(42)26-15-9-17-39(26)30(23)43/h3-5,10-11,19-20,23-26,30,32,36-37,43H,6-9,12-18H2,1-2H3,(H,33,40)(H,34,41)(H,35,42)(H,44,45)/t20-,23-,24-,25-,26-,30?/m0/s1. The van der Waals surface area contributed by atoms with Crippen LogP contribution in [0.25, 0.3) is 0 Å². The van der Waals surface area contributed by atoms with E-state index >= 15 is 0 Å². The lowest BCUT2D eigenvalue weighted by molar-refractivity contribution is -0.142. The lowest BCUT2D eigenvalue weighted by Gasteiger charge is -2.35. The molecule has 1 fully saturated rings.